The zero-order valence-electron chi connectivity index (χ0n) is 22.6. The van der Waals surface area contributed by atoms with Crippen LogP contribution in [0.25, 0.3) is 0 Å². The van der Waals surface area contributed by atoms with Crippen molar-refractivity contribution < 1.29 is 29.0 Å². The lowest BCUT2D eigenvalue weighted by Gasteiger charge is -2.39. The van der Waals surface area contributed by atoms with Crippen molar-refractivity contribution in [3.8, 4) is 6.07 Å². The molecular weight excluding hydrogens is 502 g/mol. The summed E-state index contributed by atoms with van der Waals surface area (Å²) in [6.07, 6.45) is 2.71. The van der Waals surface area contributed by atoms with E-state index in [-0.39, 0.29) is 36.0 Å². The second-order valence-corrected chi connectivity index (χ2v) is 11.9. The van der Waals surface area contributed by atoms with Crippen LogP contribution in [0.5, 0.6) is 0 Å². The molecule has 3 amide bonds. The fourth-order valence-corrected chi connectivity index (χ4v) is 6.55. The van der Waals surface area contributed by atoms with Gasteiger partial charge in [-0.05, 0) is 76.1 Å². The summed E-state index contributed by atoms with van der Waals surface area (Å²) in [6, 6.07) is 5.29. The lowest BCUT2D eigenvalue weighted by Crippen LogP contribution is -2.59. The molecule has 4 aliphatic rings. The average molecular weight is 538 g/mol. The second-order valence-electron chi connectivity index (χ2n) is 11.9. The number of aromatic carboxylic acids is 1. The van der Waals surface area contributed by atoms with Crippen molar-refractivity contribution in [3.63, 3.8) is 0 Å². The number of rotatable bonds is 6. The highest BCUT2D eigenvalue weighted by Crippen LogP contribution is 2.44. The van der Waals surface area contributed by atoms with E-state index in [0.717, 1.165) is 30.4 Å². The van der Waals surface area contributed by atoms with Crippen molar-refractivity contribution in [2.45, 2.75) is 88.7 Å². The summed E-state index contributed by atoms with van der Waals surface area (Å²) in [7, 11) is 0. The first kappa shape index (κ1) is 26.9. The van der Waals surface area contributed by atoms with E-state index in [1.165, 1.54) is 4.90 Å². The molecule has 1 aromatic rings. The Bertz CT molecular complexity index is 1240. The van der Waals surface area contributed by atoms with Crippen LogP contribution in [0.3, 0.4) is 0 Å². The summed E-state index contributed by atoms with van der Waals surface area (Å²) >= 11 is 0. The minimum absolute atomic E-state index is 0.00838. The Morgan fingerprint density at radius 3 is 2.67 bits per heavy atom. The van der Waals surface area contributed by atoms with E-state index in [4.69, 9.17) is 4.74 Å². The van der Waals surface area contributed by atoms with Crippen LogP contribution in [0.15, 0.2) is 18.2 Å². The molecule has 39 heavy (non-hydrogen) atoms. The maximum Gasteiger partial charge on any atom is 0.408 e. The van der Waals surface area contributed by atoms with Crippen LogP contribution >= 0.6 is 0 Å². The van der Waals surface area contributed by atoms with Crippen molar-refractivity contribution >= 4 is 23.9 Å². The van der Waals surface area contributed by atoms with E-state index in [1.807, 2.05) is 15.9 Å². The van der Waals surface area contributed by atoms with Crippen molar-refractivity contribution in [2.24, 2.45) is 0 Å². The number of nitrogens with zero attached hydrogens (tertiary/aromatic N) is 4. The van der Waals surface area contributed by atoms with Crippen LogP contribution in [-0.2, 0) is 20.7 Å². The van der Waals surface area contributed by atoms with E-state index >= 15 is 0 Å². The summed E-state index contributed by atoms with van der Waals surface area (Å²) in [5.74, 6) is -1.31. The molecular formula is C28H35N5O6. The van der Waals surface area contributed by atoms with Gasteiger partial charge >= 0.3 is 12.1 Å². The smallest absolute Gasteiger partial charge is 0.408 e. The van der Waals surface area contributed by atoms with Gasteiger partial charge in [0.05, 0.1) is 23.7 Å². The summed E-state index contributed by atoms with van der Waals surface area (Å²) in [5, 5.41) is 21.5. The van der Waals surface area contributed by atoms with Crippen LogP contribution in [0.1, 0.15) is 74.0 Å². The van der Waals surface area contributed by atoms with E-state index in [9.17, 15) is 29.5 Å². The van der Waals surface area contributed by atoms with Gasteiger partial charge in [0.25, 0.3) is 0 Å². The fourth-order valence-electron chi connectivity index (χ4n) is 6.55. The Hall–Kier alpha value is -3.65. The molecule has 2 bridgehead atoms. The second kappa shape index (κ2) is 10.2. The first-order valence-electron chi connectivity index (χ1n) is 13.6. The number of carbonyl (C=O) groups is 4. The molecule has 0 radical (unpaired) electrons. The lowest BCUT2D eigenvalue weighted by atomic mass is 10.0. The zero-order valence-corrected chi connectivity index (χ0v) is 22.6. The van der Waals surface area contributed by atoms with Gasteiger partial charge in [-0.15, -0.1) is 0 Å². The van der Waals surface area contributed by atoms with E-state index in [1.54, 1.807) is 32.9 Å². The number of benzene rings is 1. The maximum absolute atomic E-state index is 13.6. The number of aryl methyl sites for hydroxylation is 1. The molecule has 3 heterocycles. The Morgan fingerprint density at radius 1 is 1.23 bits per heavy atom. The molecule has 0 spiro atoms. The molecule has 0 saturated carbocycles. The molecule has 1 aromatic carbocycles. The number of nitriles is 1. The highest BCUT2D eigenvalue weighted by atomic mass is 16.6. The number of amides is 3. The number of ether oxygens (including phenoxy) is 1. The topological polar surface area (TPSA) is 143 Å². The third kappa shape index (κ3) is 5.17. The van der Waals surface area contributed by atoms with Crippen LogP contribution in [0, 0.1) is 11.3 Å². The van der Waals surface area contributed by atoms with Gasteiger partial charge in [0.2, 0.25) is 11.8 Å². The summed E-state index contributed by atoms with van der Waals surface area (Å²) in [4.78, 5) is 56.6. The Labute approximate surface area is 227 Å². The molecule has 0 unspecified atom stereocenters. The first-order chi connectivity index (χ1) is 18.5. The molecule has 11 heteroatoms. The molecule has 3 saturated heterocycles. The predicted octanol–water partition coefficient (Wildman–Crippen LogP) is 2.07. The molecule has 11 nitrogen and oxygen atoms in total. The Morgan fingerprint density at radius 2 is 2.00 bits per heavy atom. The van der Waals surface area contributed by atoms with Gasteiger partial charge < -0.3 is 25.0 Å². The molecule has 208 valence electrons. The molecule has 2 N–H and O–H groups in total. The third-order valence-corrected chi connectivity index (χ3v) is 8.18. The maximum atomic E-state index is 13.6. The number of hydrogen-bond donors (Lipinski definition) is 2. The number of likely N-dealkylation sites (tertiary alicyclic amines) is 3. The van der Waals surface area contributed by atoms with Crippen LogP contribution in [-0.4, -0.2) is 93.1 Å². The predicted molar refractivity (Wildman–Crippen MR) is 139 cm³/mol. The number of nitrogens with one attached hydrogen (secondary N) is 1. The number of carbonyl (C=O) groups excluding carboxylic acids is 3. The van der Waals surface area contributed by atoms with Gasteiger partial charge in [-0.3, -0.25) is 14.5 Å². The SMILES string of the molecule is CC(C)(C)OC(=O)N[C@@H](CN1C[C@H]2C[C@@H]1C(=O)N2[C@H]1CCc2cc(C(=O)O)ccc21)C(=O)N1CCC[C@H]1C#N. The Kier molecular flexibility index (Phi) is 7.01. The number of fused-ring (bicyclic) bond motifs is 3. The van der Waals surface area contributed by atoms with Crippen molar-refractivity contribution in [2.75, 3.05) is 19.6 Å². The first-order valence-corrected chi connectivity index (χ1v) is 13.6. The highest BCUT2D eigenvalue weighted by Gasteiger charge is 2.53. The van der Waals surface area contributed by atoms with Gasteiger partial charge in [-0.25, -0.2) is 9.59 Å². The monoisotopic (exact) mass is 537 g/mol. The molecule has 5 rings (SSSR count). The quantitative estimate of drug-likeness (QED) is 0.561. The number of hydrogen-bond acceptors (Lipinski definition) is 7. The van der Waals surface area contributed by atoms with Crippen LogP contribution in [0.2, 0.25) is 0 Å². The van der Waals surface area contributed by atoms with E-state index in [2.05, 4.69) is 11.4 Å². The third-order valence-electron chi connectivity index (χ3n) is 8.18. The lowest BCUT2D eigenvalue weighted by molar-refractivity contribution is -0.141. The largest absolute Gasteiger partial charge is 0.478 e. The summed E-state index contributed by atoms with van der Waals surface area (Å²) in [5.41, 5.74) is 1.48. The Balaban J connectivity index is 1.30. The fraction of sp³-hybridized carbons (Fsp3) is 0.607. The standard InChI is InChI=1S/C28H35N5O6/c1-28(2,3)39-27(38)30-21(24(34)32-10-4-5-18(32)13-29)15-31-14-19-12-23(31)25(35)33(19)22-9-7-16-11-17(26(36)37)6-8-20(16)22/h6,8,11,18-19,21-23H,4-5,7,9-10,12,14-15H2,1-3H3,(H,30,38)(H,36,37)/t18-,19+,21-,22-,23+/m0/s1. The number of alkyl carbamates (subject to hydrolysis) is 1. The van der Waals surface area contributed by atoms with Crippen molar-refractivity contribution in [1.82, 2.24) is 20.0 Å². The van der Waals surface area contributed by atoms with Crippen LogP contribution < -0.4 is 5.32 Å². The molecule has 5 atom stereocenters. The molecule has 1 aliphatic carbocycles. The zero-order chi connectivity index (χ0) is 28.1. The van der Waals surface area contributed by atoms with E-state index < -0.39 is 35.8 Å². The number of piperazine rings is 1. The highest BCUT2D eigenvalue weighted by molar-refractivity contribution is 5.89. The van der Waals surface area contributed by atoms with Crippen LogP contribution in [0.4, 0.5) is 4.79 Å². The molecule has 0 aromatic heterocycles. The minimum atomic E-state index is -0.965. The minimum Gasteiger partial charge on any atom is -0.478 e. The van der Waals surface area contributed by atoms with Crippen molar-refractivity contribution in [1.29, 1.82) is 5.26 Å². The normalized spacial score (nSPS) is 26.9. The van der Waals surface area contributed by atoms with Crippen molar-refractivity contribution in [3.05, 3.63) is 34.9 Å². The van der Waals surface area contributed by atoms with Gasteiger partial charge in [0.1, 0.15) is 17.7 Å². The summed E-state index contributed by atoms with van der Waals surface area (Å²) in [6.45, 7) is 6.39. The van der Waals surface area contributed by atoms with Gasteiger partial charge in [-0.2, -0.15) is 5.26 Å². The molecule has 3 fully saturated rings. The van der Waals surface area contributed by atoms with E-state index in [0.29, 0.717) is 25.9 Å². The molecule has 3 aliphatic heterocycles. The van der Waals surface area contributed by atoms with Gasteiger partial charge in [0.15, 0.2) is 0 Å². The average Bonchev–Trinajstić information content (AvgIpc) is 3.64. The number of carboxylic acid groups (broad SMARTS) is 1. The number of carboxylic acids is 1. The van der Waals surface area contributed by atoms with Gasteiger partial charge in [-0.1, -0.05) is 6.07 Å². The van der Waals surface area contributed by atoms with Gasteiger partial charge in [0, 0.05) is 25.7 Å². The summed E-state index contributed by atoms with van der Waals surface area (Å²) < 4.78 is 5.41.